The number of anilines is 1. The first-order valence-electron chi connectivity index (χ1n) is 12.2. The van der Waals surface area contributed by atoms with Crippen molar-refractivity contribution >= 4 is 17.3 Å². The van der Waals surface area contributed by atoms with E-state index < -0.39 is 11.4 Å². The number of phenolic OH excluding ortho intramolecular Hbond substituents is 1. The second-order valence-electron chi connectivity index (χ2n) is 10.3. The number of hydrogen-bond donors (Lipinski definition) is 2. The van der Waals surface area contributed by atoms with E-state index in [9.17, 15) is 14.7 Å². The van der Waals surface area contributed by atoms with Crippen LogP contribution in [0.15, 0.2) is 58.5 Å². The number of nitrogens with two attached hydrogens (primary N) is 1. The van der Waals surface area contributed by atoms with E-state index in [1.165, 1.54) is 25.8 Å². The van der Waals surface area contributed by atoms with Crippen LogP contribution < -0.4 is 21.9 Å². The van der Waals surface area contributed by atoms with Crippen LogP contribution in [0.3, 0.4) is 0 Å². The summed E-state index contributed by atoms with van der Waals surface area (Å²) in [4.78, 5) is 27.4. The molecule has 198 valence electrons. The molecule has 1 fully saturated rings. The van der Waals surface area contributed by atoms with Gasteiger partial charge in [0.1, 0.15) is 17.3 Å². The molecule has 0 spiro atoms. The van der Waals surface area contributed by atoms with Crippen molar-refractivity contribution in [3.63, 3.8) is 0 Å². The van der Waals surface area contributed by atoms with Crippen LogP contribution in [0.1, 0.15) is 18.9 Å². The number of rotatable bonds is 4. The van der Waals surface area contributed by atoms with Gasteiger partial charge >= 0.3 is 5.69 Å². The Morgan fingerprint density at radius 1 is 1.05 bits per heavy atom. The molecule has 0 unspecified atom stereocenters. The normalized spacial score (nSPS) is 17.4. The third-order valence-corrected chi connectivity index (χ3v) is 7.56. The molecule has 0 bridgehead atoms. The van der Waals surface area contributed by atoms with Gasteiger partial charge in [-0.05, 0) is 55.7 Å². The molecule has 0 aliphatic carbocycles. The lowest BCUT2D eigenvalue weighted by molar-refractivity contribution is 0.477. The van der Waals surface area contributed by atoms with Crippen LogP contribution in [0, 0.1) is 12.7 Å². The van der Waals surface area contributed by atoms with Crippen molar-refractivity contribution < 1.29 is 9.50 Å². The molecule has 1 aliphatic rings. The molecule has 0 saturated carbocycles. The fourth-order valence-electron chi connectivity index (χ4n) is 5.17. The van der Waals surface area contributed by atoms with Crippen molar-refractivity contribution in [2.45, 2.75) is 25.8 Å². The Morgan fingerprint density at radius 2 is 1.76 bits per heavy atom. The van der Waals surface area contributed by atoms with Gasteiger partial charge in [-0.15, -0.1) is 0 Å². The Morgan fingerprint density at radius 3 is 2.37 bits per heavy atom. The first-order chi connectivity index (χ1) is 17.9. The van der Waals surface area contributed by atoms with E-state index in [4.69, 9.17) is 17.3 Å². The van der Waals surface area contributed by atoms with Crippen molar-refractivity contribution in [2.24, 2.45) is 19.8 Å². The fraction of sp³-hybridized carbons (Fsp3) is 0.286. The lowest BCUT2D eigenvalue weighted by Gasteiger charge is -2.25. The molecule has 0 radical (unpaired) electrons. The third-order valence-electron chi connectivity index (χ3n) is 7.26. The molecule has 8 nitrogen and oxygen atoms in total. The minimum Gasteiger partial charge on any atom is -0.507 e. The third kappa shape index (κ3) is 4.31. The van der Waals surface area contributed by atoms with Crippen LogP contribution in [0.5, 0.6) is 5.75 Å². The average Bonchev–Trinajstić information content (AvgIpc) is 3.38. The van der Waals surface area contributed by atoms with Gasteiger partial charge < -0.3 is 24.9 Å². The van der Waals surface area contributed by atoms with E-state index in [-0.39, 0.29) is 33.1 Å². The lowest BCUT2D eigenvalue weighted by Crippen LogP contribution is -2.40. The van der Waals surface area contributed by atoms with Gasteiger partial charge in [0.15, 0.2) is 0 Å². The Hall–Kier alpha value is -3.82. The van der Waals surface area contributed by atoms with Crippen LogP contribution in [0.2, 0.25) is 5.02 Å². The minimum atomic E-state index is -0.558. The lowest BCUT2D eigenvalue weighted by atomic mass is 9.94. The number of aromatic nitrogens is 3. The summed E-state index contributed by atoms with van der Waals surface area (Å²) in [7, 11) is 3.27. The largest absolute Gasteiger partial charge is 0.507 e. The first-order valence-corrected chi connectivity index (χ1v) is 12.6. The Balaban J connectivity index is 1.64. The average molecular weight is 538 g/mol. The number of imidazole rings is 1. The molecule has 1 saturated heterocycles. The highest BCUT2D eigenvalue weighted by Gasteiger charge is 2.33. The maximum absolute atomic E-state index is 15.0. The van der Waals surface area contributed by atoms with E-state index in [0.29, 0.717) is 41.2 Å². The summed E-state index contributed by atoms with van der Waals surface area (Å²) < 4.78 is 19.3. The second kappa shape index (κ2) is 9.18. The molecule has 5 rings (SSSR count). The van der Waals surface area contributed by atoms with Gasteiger partial charge in [0.2, 0.25) is 0 Å². The van der Waals surface area contributed by atoms with Gasteiger partial charge in [-0.25, -0.2) is 9.18 Å². The Bertz CT molecular complexity index is 1700. The quantitative estimate of drug-likeness (QED) is 0.411. The first kappa shape index (κ1) is 25.8. The fourth-order valence-corrected chi connectivity index (χ4v) is 5.44. The summed E-state index contributed by atoms with van der Waals surface area (Å²) in [5, 5.41) is 11.6. The highest BCUT2D eigenvalue weighted by Crippen LogP contribution is 2.42. The number of phenols is 1. The molecule has 3 N–H and O–H groups in total. The maximum Gasteiger partial charge on any atom is 0.332 e. The van der Waals surface area contributed by atoms with E-state index in [0.717, 1.165) is 6.42 Å². The molecule has 2 aromatic heterocycles. The molecule has 0 amide bonds. The molecule has 1 atom stereocenters. The summed E-state index contributed by atoms with van der Waals surface area (Å²) in [6.45, 7) is 4.89. The van der Waals surface area contributed by atoms with Crippen molar-refractivity contribution in [1.29, 1.82) is 0 Å². The maximum atomic E-state index is 15.0. The molecule has 1 aliphatic heterocycles. The molecule has 3 heterocycles. The zero-order valence-corrected chi connectivity index (χ0v) is 22.4. The summed E-state index contributed by atoms with van der Waals surface area (Å²) in [5.41, 5.74) is 8.54. The second-order valence-corrected chi connectivity index (χ2v) is 10.7. The molecule has 2 aromatic carbocycles. The van der Waals surface area contributed by atoms with Gasteiger partial charge in [-0.1, -0.05) is 17.7 Å². The predicted molar refractivity (Wildman–Crippen MR) is 148 cm³/mol. The van der Waals surface area contributed by atoms with Gasteiger partial charge in [-0.2, -0.15) is 0 Å². The van der Waals surface area contributed by atoms with Crippen LogP contribution >= 0.6 is 11.6 Å². The Labute approximate surface area is 223 Å². The zero-order chi connectivity index (χ0) is 27.5. The van der Waals surface area contributed by atoms with Gasteiger partial charge in [0, 0.05) is 68.0 Å². The summed E-state index contributed by atoms with van der Waals surface area (Å²) >= 11 is 6.53. The molecule has 10 heteroatoms. The summed E-state index contributed by atoms with van der Waals surface area (Å²) in [6.07, 6.45) is 5.57. The smallest absolute Gasteiger partial charge is 0.332 e. The van der Waals surface area contributed by atoms with Gasteiger partial charge in [-0.3, -0.25) is 9.36 Å². The van der Waals surface area contributed by atoms with E-state index in [2.05, 4.69) is 0 Å². The zero-order valence-electron chi connectivity index (χ0n) is 21.6. The van der Waals surface area contributed by atoms with Gasteiger partial charge in [0.05, 0.1) is 10.7 Å². The van der Waals surface area contributed by atoms with Crippen LogP contribution in [-0.4, -0.2) is 37.4 Å². The van der Waals surface area contributed by atoms with E-state index >= 15 is 4.39 Å². The standard InChI is InChI=1S/C28H29ClFN5O3/c1-16-21(14-33(4)26(37)24(16)34-8-7-28(2,31)15-34)20-13-18(30)12-19(25(20)36)17-5-6-23(22(29)11-17)35-10-9-32(3)27(35)38/h5-6,9-14,36H,7-8,15,31H2,1-4H3/t28-/m0/s1. The molecular formula is C28H29ClFN5O3. The number of nitrogens with zero attached hydrogens (tertiary/aromatic N) is 4. The molecule has 4 aromatic rings. The SMILES string of the molecule is Cc1c(-c2cc(F)cc(-c3ccc(-n4ccn(C)c4=O)c(Cl)c3)c2O)cn(C)c(=O)c1N1CC[C@](C)(N)C1. The number of aromatic hydroxyl groups is 1. The molecule has 38 heavy (non-hydrogen) atoms. The van der Waals surface area contributed by atoms with Crippen LogP contribution in [0.4, 0.5) is 10.1 Å². The number of aryl methyl sites for hydroxylation is 2. The predicted octanol–water partition coefficient (Wildman–Crippen LogP) is 3.94. The van der Waals surface area contributed by atoms with Crippen molar-refractivity contribution in [2.75, 3.05) is 18.0 Å². The van der Waals surface area contributed by atoms with Crippen molar-refractivity contribution in [3.8, 4) is 33.7 Å². The van der Waals surface area contributed by atoms with Crippen LogP contribution in [-0.2, 0) is 14.1 Å². The minimum absolute atomic E-state index is 0.148. The van der Waals surface area contributed by atoms with Gasteiger partial charge in [0.25, 0.3) is 5.56 Å². The topological polar surface area (TPSA) is 98.4 Å². The van der Waals surface area contributed by atoms with Crippen molar-refractivity contribution in [1.82, 2.24) is 13.7 Å². The summed E-state index contributed by atoms with van der Waals surface area (Å²) in [5.74, 6) is -0.706. The van der Waals surface area contributed by atoms with E-state index in [1.54, 1.807) is 57.8 Å². The highest BCUT2D eigenvalue weighted by atomic mass is 35.5. The van der Waals surface area contributed by atoms with Crippen molar-refractivity contribution in [3.05, 3.63) is 86.2 Å². The number of halogens is 2. The van der Waals surface area contributed by atoms with Crippen LogP contribution in [0.25, 0.3) is 27.9 Å². The highest BCUT2D eigenvalue weighted by molar-refractivity contribution is 6.32. The van der Waals surface area contributed by atoms with E-state index in [1.807, 2.05) is 11.8 Å². The number of hydrogen-bond acceptors (Lipinski definition) is 5. The number of benzene rings is 2. The monoisotopic (exact) mass is 537 g/mol. The number of pyridine rings is 1. The summed E-state index contributed by atoms with van der Waals surface area (Å²) in [6, 6.07) is 7.39. The Kier molecular flexibility index (Phi) is 6.24. The molecular weight excluding hydrogens is 509 g/mol.